The summed E-state index contributed by atoms with van der Waals surface area (Å²) in [4.78, 5) is 1.25. The number of benzene rings is 1. The second kappa shape index (κ2) is 7.87. The van der Waals surface area contributed by atoms with Crippen LogP contribution < -0.4 is 5.32 Å². The average molecular weight is 324 g/mol. The number of thioether (sulfide) groups is 1. The van der Waals surface area contributed by atoms with Gasteiger partial charge in [0.1, 0.15) is 0 Å². The Morgan fingerprint density at radius 2 is 2.05 bits per heavy atom. The second-order valence-corrected chi connectivity index (χ2v) is 6.59. The van der Waals surface area contributed by atoms with Crippen molar-refractivity contribution in [3.8, 4) is 0 Å². The highest BCUT2D eigenvalue weighted by Gasteiger charge is 2.12. The van der Waals surface area contributed by atoms with Crippen LogP contribution in [0.1, 0.15) is 18.3 Å². The Balaban J connectivity index is 1.93. The fraction of sp³-hybridized carbons (Fsp3) is 0.438. The number of likely N-dealkylation sites (N-methyl/N-ethyl adjacent to an activating group) is 1. The van der Waals surface area contributed by atoms with Gasteiger partial charge in [0.15, 0.2) is 0 Å². The summed E-state index contributed by atoms with van der Waals surface area (Å²) < 4.78 is 2.00. The highest BCUT2D eigenvalue weighted by molar-refractivity contribution is 7.99. The second-order valence-electron chi connectivity index (χ2n) is 5.06. The maximum atomic E-state index is 5.91. The molecule has 0 aliphatic heterocycles. The Kier molecular flexibility index (Phi) is 6.15. The maximum absolute atomic E-state index is 5.91. The fourth-order valence-electron chi connectivity index (χ4n) is 2.16. The first-order chi connectivity index (χ1) is 10.1. The number of aromatic nitrogens is 2. The molecule has 1 aromatic heterocycles. The van der Waals surface area contributed by atoms with E-state index in [1.54, 1.807) is 0 Å². The molecule has 3 nitrogen and oxygen atoms in total. The van der Waals surface area contributed by atoms with Gasteiger partial charge in [-0.15, -0.1) is 11.8 Å². The highest BCUT2D eigenvalue weighted by Crippen LogP contribution is 2.22. The van der Waals surface area contributed by atoms with E-state index in [-0.39, 0.29) is 0 Å². The molecule has 2 aromatic rings. The van der Waals surface area contributed by atoms with E-state index in [2.05, 4.69) is 35.5 Å². The Labute approximate surface area is 136 Å². The van der Waals surface area contributed by atoms with Crippen LogP contribution >= 0.6 is 23.4 Å². The lowest BCUT2D eigenvalue weighted by Crippen LogP contribution is -2.30. The molecule has 0 radical (unpaired) electrons. The van der Waals surface area contributed by atoms with E-state index in [0.717, 1.165) is 29.3 Å². The summed E-state index contributed by atoms with van der Waals surface area (Å²) in [5.41, 5.74) is 2.44. The molecular formula is C16H22ClN3S. The van der Waals surface area contributed by atoms with Gasteiger partial charge in [-0.25, -0.2) is 0 Å². The summed E-state index contributed by atoms with van der Waals surface area (Å²) in [6.45, 7) is 2.14. The van der Waals surface area contributed by atoms with Crippen LogP contribution in [0.25, 0.3) is 0 Å². The first-order valence-corrected chi connectivity index (χ1v) is 8.56. The minimum Gasteiger partial charge on any atom is -0.316 e. The third-order valence-corrected chi connectivity index (χ3v) is 4.94. The molecule has 0 fully saturated rings. The van der Waals surface area contributed by atoms with Crippen LogP contribution in [0.2, 0.25) is 5.02 Å². The van der Waals surface area contributed by atoms with Crippen LogP contribution in [-0.2, 0) is 19.9 Å². The zero-order valence-electron chi connectivity index (χ0n) is 12.8. The molecule has 114 valence electrons. The van der Waals surface area contributed by atoms with Crippen molar-refractivity contribution >= 4 is 23.4 Å². The predicted molar refractivity (Wildman–Crippen MR) is 91.3 cm³/mol. The monoisotopic (exact) mass is 323 g/mol. The number of hydrogen-bond acceptors (Lipinski definition) is 3. The van der Waals surface area contributed by atoms with E-state index in [1.807, 2.05) is 42.7 Å². The van der Waals surface area contributed by atoms with Crippen LogP contribution in [0.3, 0.4) is 0 Å². The topological polar surface area (TPSA) is 29.9 Å². The number of rotatable bonds is 7. The van der Waals surface area contributed by atoms with Crippen LogP contribution in [-0.4, -0.2) is 28.6 Å². The minimum absolute atomic E-state index is 0.422. The summed E-state index contributed by atoms with van der Waals surface area (Å²) >= 11 is 7.76. The smallest absolute Gasteiger partial charge is 0.0624 e. The van der Waals surface area contributed by atoms with Crippen molar-refractivity contribution in [2.45, 2.75) is 30.7 Å². The average Bonchev–Trinajstić information content (AvgIpc) is 2.85. The van der Waals surface area contributed by atoms with Gasteiger partial charge in [0.25, 0.3) is 0 Å². The van der Waals surface area contributed by atoms with Crippen LogP contribution in [0.5, 0.6) is 0 Å². The molecule has 0 amide bonds. The van der Waals surface area contributed by atoms with Crippen LogP contribution in [0, 0.1) is 0 Å². The van der Waals surface area contributed by atoms with Crippen molar-refractivity contribution < 1.29 is 0 Å². The van der Waals surface area contributed by atoms with Gasteiger partial charge >= 0.3 is 0 Å². The Hall–Kier alpha value is -0.970. The molecule has 1 aromatic carbocycles. The first kappa shape index (κ1) is 16.4. The molecule has 2 rings (SSSR count). The van der Waals surface area contributed by atoms with E-state index in [4.69, 9.17) is 11.6 Å². The number of hydrogen-bond donors (Lipinski definition) is 1. The molecule has 0 bridgehead atoms. The number of aryl methyl sites for hydroxylation is 2. The van der Waals surface area contributed by atoms with E-state index in [1.165, 1.54) is 10.6 Å². The third kappa shape index (κ3) is 4.77. The molecule has 1 N–H and O–H groups in total. The van der Waals surface area contributed by atoms with Gasteiger partial charge in [0, 0.05) is 40.9 Å². The molecular weight excluding hydrogens is 302 g/mol. The molecule has 1 heterocycles. The summed E-state index contributed by atoms with van der Waals surface area (Å²) in [5.74, 6) is 1.02. The Bertz CT molecular complexity index is 565. The summed E-state index contributed by atoms with van der Waals surface area (Å²) in [6.07, 6.45) is 1.97. The number of nitrogens with one attached hydrogen (secondary N) is 1. The quantitative estimate of drug-likeness (QED) is 0.790. The molecule has 0 spiro atoms. The van der Waals surface area contributed by atoms with E-state index in [0.29, 0.717) is 6.04 Å². The molecule has 0 aliphatic carbocycles. The van der Waals surface area contributed by atoms with Crippen molar-refractivity contribution in [1.82, 2.24) is 15.1 Å². The van der Waals surface area contributed by atoms with Crippen molar-refractivity contribution in [3.05, 3.63) is 46.7 Å². The molecule has 1 unspecified atom stereocenters. The largest absolute Gasteiger partial charge is 0.316 e. The Morgan fingerprint density at radius 3 is 2.62 bits per heavy atom. The highest BCUT2D eigenvalue weighted by atomic mass is 35.5. The first-order valence-electron chi connectivity index (χ1n) is 7.19. The van der Waals surface area contributed by atoms with E-state index < -0.39 is 0 Å². The van der Waals surface area contributed by atoms with Crippen molar-refractivity contribution in [3.63, 3.8) is 0 Å². The summed E-state index contributed by atoms with van der Waals surface area (Å²) in [7, 11) is 4.04. The summed E-state index contributed by atoms with van der Waals surface area (Å²) in [5, 5.41) is 8.69. The minimum atomic E-state index is 0.422. The third-order valence-electron chi connectivity index (χ3n) is 3.52. The van der Waals surface area contributed by atoms with Gasteiger partial charge in [-0.3, -0.25) is 4.68 Å². The van der Waals surface area contributed by atoms with Gasteiger partial charge in [0.2, 0.25) is 0 Å². The van der Waals surface area contributed by atoms with Crippen molar-refractivity contribution in [1.29, 1.82) is 0 Å². The molecule has 0 saturated heterocycles. The van der Waals surface area contributed by atoms with Gasteiger partial charge in [-0.1, -0.05) is 18.5 Å². The van der Waals surface area contributed by atoms with Crippen LogP contribution in [0.4, 0.5) is 0 Å². The number of halogens is 1. The zero-order valence-corrected chi connectivity index (χ0v) is 14.3. The Morgan fingerprint density at radius 1 is 1.33 bits per heavy atom. The van der Waals surface area contributed by atoms with Gasteiger partial charge < -0.3 is 5.32 Å². The van der Waals surface area contributed by atoms with E-state index in [9.17, 15) is 0 Å². The van der Waals surface area contributed by atoms with Crippen LogP contribution in [0.15, 0.2) is 35.2 Å². The molecule has 21 heavy (non-hydrogen) atoms. The lowest BCUT2D eigenvalue weighted by atomic mass is 10.1. The van der Waals surface area contributed by atoms with Gasteiger partial charge in [-0.2, -0.15) is 5.10 Å². The molecule has 1 atom stereocenters. The van der Waals surface area contributed by atoms with Gasteiger partial charge in [0.05, 0.1) is 5.69 Å². The predicted octanol–water partition coefficient (Wildman–Crippen LogP) is 3.56. The lowest BCUT2D eigenvalue weighted by molar-refractivity contribution is 0.581. The van der Waals surface area contributed by atoms with E-state index >= 15 is 0 Å². The van der Waals surface area contributed by atoms with Gasteiger partial charge in [-0.05, 0) is 43.8 Å². The fourth-order valence-corrected chi connectivity index (χ4v) is 3.29. The SMILES string of the molecule is CCc1cc(CC(CSc2ccc(Cl)cc2)NC)n(C)n1. The molecule has 5 heteroatoms. The zero-order chi connectivity index (χ0) is 15.2. The van der Waals surface area contributed by atoms with Crippen molar-refractivity contribution in [2.75, 3.05) is 12.8 Å². The van der Waals surface area contributed by atoms with Crippen molar-refractivity contribution in [2.24, 2.45) is 7.05 Å². The number of nitrogens with zero attached hydrogens (tertiary/aromatic N) is 2. The standard InChI is InChI=1S/C16H22ClN3S/c1-4-13-9-15(20(3)19-13)10-14(18-2)11-21-16-7-5-12(17)6-8-16/h5-9,14,18H,4,10-11H2,1-3H3. The lowest BCUT2D eigenvalue weighted by Gasteiger charge is -2.15. The normalized spacial score (nSPS) is 12.6. The molecule has 0 saturated carbocycles. The maximum Gasteiger partial charge on any atom is 0.0624 e. The molecule has 0 aliphatic rings. The summed E-state index contributed by atoms with van der Waals surface area (Å²) in [6, 6.07) is 10.6.